The lowest BCUT2D eigenvalue weighted by molar-refractivity contribution is 0.0980. The van der Waals surface area contributed by atoms with E-state index < -0.39 is 5.60 Å². The van der Waals surface area contributed by atoms with Crippen LogP contribution in [0.5, 0.6) is 0 Å². The normalized spacial score (nSPS) is 14.9. The van der Waals surface area contributed by atoms with Crippen LogP contribution in [-0.4, -0.2) is 10.1 Å². The van der Waals surface area contributed by atoms with Gasteiger partial charge in [-0.1, -0.05) is 38.1 Å². The molecule has 0 aliphatic carbocycles. The highest BCUT2D eigenvalue weighted by Crippen LogP contribution is 2.28. The standard InChI is InChI=1S/C15H19NO/c1-11(2)12-6-8-13(9-7-12)15(3,17)14-5-4-10-16-14/h4-11,16-17H,1-3H3. The molecule has 17 heavy (non-hydrogen) atoms. The van der Waals surface area contributed by atoms with E-state index in [1.165, 1.54) is 5.56 Å². The van der Waals surface area contributed by atoms with E-state index in [4.69, 9.17) is 0 Å². The third-order valence-corrected chi connectivity index (χ3v) is 3.26. The van der Waals surface area contributed by atoms with E-state index in [0.717, 1.165) is 11.3 Å². The van der Waals surface area contributed by atoms with Gasteiger partial charge in [-0.15, -0.1) is 0 Å². The summed E-state index contributed by atoms with van der Waals surface area (Å²) < 4.78 is 0. The van der Waals surface area contributed by atoms with Crippen molar-refractivity contribution in [1.82, 2.24) is 4.98 Å². The Morgan fingerprint density at radius 2 is 1.76 bits per heavy atom. The molecule has 1 unspecified atom stereocenters. The monoisotopic (exact) mass is 229 g/mol. The molecule has 2 rings (SSSR count). The fourth-order valence-electron chi connectivity index (χ4n) is 1.98. The lowest BCUT2D eigenvalue weighted by Crippen LogP contribution is -2.23. The highest BCUT2D eigenvalue weighted by molar-refractivity contribution is 5.34. The molecule has 2 aromatic rings. The summed E-state index contributed by atoms with van der Waals surface area (Å²) in [7, 11) is 0. The van der Waals surface area contributed by atoms with Crippen molar-refractivity contribution >= 4 is 0 Å². The van der Waals surface area contributed by atoms with Gasteiger partial charge in [0.1, 0.15) is 5.60 Å². The Hall–Kier alpha value is -1.54. The van der Waals surface area contributed by atoms with Crippen LogP contribution < -0.4 is 0 Å². The molecule has 0 saturated carbocycles. The number of H-pyrrole nitrogens is 1. The van der Waals surface area contributed by atoms with E-state index in [1.807, 2.05) is 37.4 Å². The number of aromatic nitrogens is 1. The van der Waals surface area contributed by atoms with Crippen LogP contribution >= 0.6 is 0 Å². The molecule has 0 aliphatic heterocycles. The fourth-order valence-corrected chi connectivity index (χ4v) is 1.98. The summed E-state index contributed by atoms with van der Waals surface area (Å²) in [6, 6.07) is 11.9. The van der Waals surface area contributed by atoms with Gasteiger partial charge in [0.2, 0.25) is 0 Å². The molecule has 2 heteroatoms. The summed E-state index contributed by atoms with van der Waals surface area (Å²) in [6.07, 6.45) is 1.83. The maximum absolute atomic E-state index is 10.5. The smallest absolute Gasteiger partial charge is 0.126 e. The summed E-state index contributed by atoms with van der Waals surface area (Å²) >= 11 is 0. The Kier molecular flexibility index (Phi) is 3.07. The summed E-state index contributed by atoms with van der Waals surface area (Å²) in [4.78, 5) is 3.06. The Morgan fingerprint density at radius 3 is 2.24 bits per heavy atom. The van der Waals surface area contributed by atoms with Gasteiger partial charge in [-0.2, -0.15) is 0 Å². The summed E-state index contributed by atoms with van der Waals surface area (Å²) in [5, 5.41) is 10.5. The third-order valence-electron chi connectivity index (χ3n) is 3.26. The zero-order chi connectivity index (χ0) is 12.5. The first-order valence-electron chi connectivity index (χ1n) is 5.98. The van der Waals surface area contributed by atoms with Crippen molar-refractivity contribution in [2.24, 2.45) is 0 Å². The molecule has 0 spiro atoms. The van der Waals surface area contributed by atoms with Crippen LogP contribution in [0.25, 0.3) is 0 Å². The van der Waals surface area contributed by atoms with Crippen molar-refractivity contribution in [1.29, 1.82) is 0 Å². The van der Waals surface area contributed by atoms with Gasteiger partial charge in [0.15, 0.2) is 0 Å². The largest absolute Gasteiger partial charge is 0.379 e. The predicted molar refractivity (Wildman–Crippen MR) is 70.0 cm³/mol. The van der Waals surface area contributed by atoms with Gasteiger partial charge in [-0.3, -0.25) is 0 Å². The molecular weight excluding hydrogens is 210 g/mol. The van der Waals surface area contributed by atoms with E-state index in [-0.39, 0.29) is 0 Å². The number of rotatable bonds is 3. The number of nitrogens with one attached hydrogen (secondary N) is 1. The highest BCUT2D eigenvalue weighted by atomic mass is 16.3. The first kappa shape index (κ1) is 11.9. The van der Waals surface area contributed by atoms with Crippen molar-refractivity contribution in [2.75, 3.05) is 0 Å². The molecule has 0 amide bonds. The van der Waals surface area contributed by atoms with Crippen LogP contribution in [0.2, 0.25) is 0 Å². The minimum Gasteiger partial charge on any atom is -0.379 e. The molecule has 0 radical (unpaired) electrons. The van der Waals surface area contributed by atoms with E-state index in [2.05, 4.69) is 31.0 Å². The van der Waals surface area contributed by atoms with Gasteiger partial charge in [-0.05, 0) is 36.1 Å². The van der Waals surface area contributed by atoms with Crippen LogP contribution in [0, 0.1) is 0 Å². The summed E-state index contributed by atoms with van der Waals surface area (Å²) in [5.41, 5.74) is 2.05. The molecule has 2 nitrogen and oxygen atoms in total. The van der Waals surface area contributed by atoms with Crippen molar-refractivity contribution in [3.63, 3.8) is 0 Å². The van der Waals surface area contributed by atoms with Crippen LogP contribution in [0.3, 0.4) is 0 Å². The van der Waals surface area contributed by atoms with Crippen molar-refractivity contribution in [3.05, 3.63) is 59.4 Å². The van der Waals surface area contributed by atoms with Crippen LogP contribution in [0.4, 0.5) is 0 Å². The third kappa shape index (κ3) is 2.27. The van der Waals surface area contributed by atoms with Crippen molar-refractivity contribution in [2.45, 2.75) is 32.3 Å². The zero-order valence-corrected chi connectivity index (χ0v) is 10.6. The first-order valence-corrected chi connectivity index (χ1v) is 5.98. The number of aromatic amines is 1. The maximum atomic E-state index is 10.5. The Balaban J connectivity index is 2.34. The minimum absolute atomic E-state index is 0.513. The number of aliphatic hydroxyl groups is 1. The topological polar surface area (TPSA) is 36.0 Å². The molecule has 1 atom stereocenters. The minimum atomic E-state index is -0.959. The van der Waals surface area contributed by atoms with Crippen LogP contribution in [0.1, 0.15) is 43.5 Å². The molecule has 2 N–H and O–H groups in total. The van der Waals surface area contributed by atoms with E-state index >= 15 is 0 Å². The second kappa shape index (κ2) is 4.38. The highest BCUT2D eigenvalue weighted by Gasteiger charge is 2.26. The second-order valence-electron chi connectivity index (χ2n) is 4.93. The van der Waals surface area contributed by atoms with Gasteiger partial charge in [-0.25, -0.2) is 0 Å². The fraction of sp³-hybridized carbons (Fsp3) is 0.333. The van der Waals surface area contributed by atoms with E-state index in [0.29, 0.717) is 5.92 Å². The van der Waals surface area contributed by atoms with E-state index in [1.54, 1.807) is 0 Å². The zero-order valence-electron chi connectivity index (χ0n) is 10.6. The summed E-state index contributed by atoms with van der Waals surface area (Å²) in [5.74, 6) is 0.513. The number of hydrogen-bond acceptors (Lipinski definition) is 1. The summed E-state index contributed by atoms with van der Waals surface area (Å²) in [6.45, 7) is 6.14. The number of hydrogen-bond donors (Lipinski definition) is 2. The maximum Gasteiger partial charge on any atom is 0.126 e. The number of benzene rings is 1. The Bertz CT molecular complexity index is 466. The van der Waals surface area contributed by atoms with E-state index in [9.17, 15) is 5.11 Å². The molecule has 1 aromatic carbocycles. The average Bonchev–Trinajstić information content (AvgIpc) is 2.83. The average molecular weight is 229 g/mol. The van der Waals surface area contributed by atoms with Gasteiger partial charge in [0, 0.05) is 6.20 Å². The molecule has 0 bridgehead atoms. The van der Waals surface area contributed by atoms with Gasteiger partial charge in [0.05, 0.1) is 5.69 Å². The van der Waals surface area contributed by atoms with Gasteiger partial charge in [0.25, 0.3) is 0 Å². The molecule has 0 aliphatic rings. The molecule has 0 fully saturated rings. The molecular formula is C15H19NO. The molecule has 1 aromatic heterocycles. The molecule has 1 heterocycles. The Morgan fingerprint density at radius 1 is 1.12 bits per heavy atom. The van der Waals surface area contributed by atoms with Gasteiger partial charge < -0.3 is 10.1 Å². The lowest BCUT2D eigenvalue weighted by atomic mass is 9.90. The SMILES string of the molecule is CC(C)c1ccc(C(C)(O)c2ccc[nH]2)cc1. The van der Waals surface area contributed by atoms with Crippen LogP contribution in [0.15, 0.2) is 42.6 Å². The van der Waals surface area contributed by atoms with Crippen molar-refractivity contribution < 1.29 is 5.11 Å². The van der Waals surface area contributed by atoms with Crippen LogP contribution in [-0.2, 0) is 5.60 Å². The van der Waals surface area contributed by atoms with Crippen molar-refractivity contribution in [3.8, 4) is 0 Å². The quantitative estimate of drug-likeness (QED) is 0.831. The molecule has 90 valence electrons. The Labute approximate surface area is 102 Å². The predicted octanol–water partition coefficient (Wildman–Crippen LogP) is 3.39. The molecule has 0 saturated heterocycles. The lowest BCUT2D eigenvalue weighted by Gasteiger charge is -2.23. The second-order valence-corrected chi connectivity index (χ2v) is 4.93. The van der Waals surface area contributed by atoms with Gasteiger partial charge >= 0.3 is 0 Å². The first-order chi connectivity index (χ1) is 8.01.